The number of esters is 1. The molecule has 0 unspecified atom stereocenters. The monoisotopic (exact) mass is 319 g/mol. The second kappa shape index (κ2) is 6.32. The predicted molar refractivity (Wildman–Crippen MR) is 86.8 cm³/mol. The van der Waals surface area contributed by atoms with Crippen molar-refractivity contribution < 1.29 is 23.5 Å². The van der Waals surface area contributed by atoms with Crippen LogP contribution >= 0.6 is 0 Å². The Hall–Kier alpha value is -2.50. The minimum Gasteiger partial charge on any atom is -0.460 e. The summed E-state index contributed by atoms with van der Waals surface area (Å²) in [7, 11) is 0. The zero-order valence-corrected chi connectivity index (χ0v) is 14.0. The Labute approximate surface area is 134 Å². The molecule has 0 spiro atoms. The molecule has 0 saturated heterocycles. The SMILES string of the molecule is CCOC(=O)c1oc2cccc(NC(=O)OC(C)(C)C)c2c1C. The average molecular weight is 319 g/mol. The smallest absolute Gasteiger partial charge is 0.412 e. The highest BCUT2D eigenvalue weighted by molar-refractivity contribution is 6.04. The van der Waals surface area contributed by atoms with Gasteiger partial charge in [0.15, 0.2) is 0 Å². The van der Waals surface area contributed by atoms with Crippen molar-refractivity contribution in [1.29, 1.82) is 0 Å². The summed E-state index contributed by atoms with van der Waals surface area (Å²) in [6.45, 7) is 9.10. The number of rotatable bonds is 3. The summed E-state index contributed by atoms with van der Waals surface area (Å²) < 4.78 is 15.8. The van der Waals surface area contributed by atoms with E-state index in [-0.39, 0.29) is 12.4 Å². The number of carbonyl (C=O) groups excluding carboxylic acids is 2. The highest BCUT2D eigenvalue weighted by atomic mass is 16.6. The summed E-state index contributed by atoms with van der Waals surface area (Å²) in [5.74, 6) is -0.385. The third kappa shape index (κ3) is 3.83. The quantitative estimate of drug-likeness (QED) is 0.855. The van der Waals surface area contributed by atoms with Gasteiger partial charge >= 0.3 is 12.1 Å². The minimum absolute atomic E-state index is 0.139. The summed E-state index contributed by atoms with van der Waals surface area (Å²) in [4.78, 5) is 23.9. The van der Waals surface area contributed by atoms with Crippen LogP contribution in [-0.4, -0.2) is 24.3 Å². The van der Waals surface area contributed by atoms with Crippen molar-refractivity contribution in [3.63, 3.8) is 0 Å². The van der Waals surface area contributed by atoms with Crippen LogP contribution in [0.5, 0.6) is 0 Å². The summed E-state index contributed by atoms with van der Waals surface area (Å²) in [5, 5.41) is 3.35. The lowest BCUT2D eigenvalue weighted by atomic mass is 10.1. The maximum absolute atomic E-state index is 12.0. The molecule has 1 heterocycles. The number of amides is 1. The van der Waals surface area contributed by atoms with E-state index in [1.54, 1.807) is 52.8 Å². The Morgan fingerprint density at radius 3 is 2.57 bits per heavy atom. The molecule has 0 saturated carbocycles. The molecular weight excluding hydrogens is 298 g/mol. The van der Waals surface area contributed by atoms with Crippen LogP contribution in [0.2, 0.25) is 0 Å². The number of hydrogen-bond acceptors (Lipinski definition) is 5. The van der Waals surface area contributed by atoms with E-state index in [4.69, 9.17) is 13.9 Å². The van der Waals surface area contributed by atoms with Gasteiger partial charge in [0.05, 0.1) is 12.3 Å². The number of nitrogens with one attached hydrogen (secondary N) is 1. The molecule has 2 aromatic rings. The van der Waals surface area contributed by atoms with Crippen molar-refractivity contribution in [2.75, 3.05) is 11.9 Å². The van der Waals surface area contributed by atoms with Crippen LogP contribution in [0.3, 0.4) is 0 Å². The molecule has 124 valence electrons. The Bertz CT molecular complexity index is 739. The molecular formula is C17H21NO5. The fraction of sp³-hybridized carbons (Fsp3) is 0.412. The third-order valence-corrected chi connectivity index (χ3v) is 3.05. The van der Waals surface area contributed by atoms with Gasteiger partial charge in [-0.15, -0.1) is 0 Å². The largest absolute Gasteiger partial charge is 0.460 e. The first-order valence-electron chi connectivity index (χ1n) is 7.42. The molecule has 0 radical (unpaired) electrons. The van der Waals surface area contributed by atoms with E-state index >= 15 is 0 Å². The van der Waals surface area contributed by atoms with E-state index in [0.29, 0.717) is 22.2 Å². The lowest BCUT2D eigenvalue weighted by molar-refractivity contribution is 0.0491. The lowest BCUT2D eigenvalue weighted by Crippen LogP contribution is -2.27. The molecule has 1 N–H and O–H groups in total. The molecule has 6 nitrogen and oxygen atoms in total. The number of aryl methyl sites for hydroxylation is 1. The average Bonchev–Trinajstić information content (AvgIpc) is 2.75. The Morgan fingerprint density at radius 1 is 1.26 bits per heavy atom. The van der Waals surface area contributed by atoms with E-state index in [1.165, 1.54) is 0 Å². The highest BCUT2D eigenvalue weighted by Crippen LogP contribution is 2.32. The minimum atomic E-state index is -0.598. The number of benzene rings is 1. The van der Waals surface area contributed by atoms with Crippen molar-refractivity contribution in [1.82, 2.24) is 0 Å². The summed E-state index contributed by atoms with van der Waals surface area (Å²) in [6, 6.07) is 5.18. The van der Waals surface area contributed by atoms with Gasteiger partial charge in [0.2, 0.25) is 5.76 Å². The molecule has 0 aliphatic carbocycles. The Morgan fingerprint density at radius 2 is 1.96 bits per heavy atom. The van der Waals surface area contributed by atoms with Gasteiger partial charge in [-0.1, -0.05) is 6.07 Å². The van der Waals surface area contributed by atoms with Gasteiger partial charge in [-0.25, -0.2) is 9.59 Å². The van der Waals surface area contributed by atoms with Crippen molar-refractivity contribution in [3.05, 3.63) is 29.5 Å². The zero-order chi connectivity index (χ0) is 17.2. The summed E-state index contributed by atoms with van der Waals surface area (Å²) >= 11 is 0. The number of hydrogen-bond donors (Lipinski definition) is 1. The first-order chi connectivity index (χ1) is 10.7. The Balaban J connectivity index is 2.38. The van der Waals surface area contributed by atoms with Crippen LogP contribution < -0.4 is 5.32 Å². The number of anilines is 1. The number of carbonyl (C=O) groups is 2. The van der Waals surface area contributed by atoms with Crippen LogP contribution in [-0.2, 0) is 9.47 Å². The van der Waals surface area contributed by atoms with Gasteiger partial charge in [0.25, 0.3) is 0 Å². The molecule has 0 fully saturated rings. The first-order valence-corrected chi connectivity index (χ1v) is 7.42. The van der Waals surface area contributed by atoms with E-state index < -0.39 is 17.7 Å². The molecule has 1 amide bonds. The number of fused-ring (bicyclic) bond motifs is 1. The summed E-state index contributed by atoms with van der Waals surface area (Å²) in [5.41, 5.74) is 1.04. The van der Waals surface area contributed by atoms with Gasteiger partial charge in [-0.3, -0.25) is 5.32 Å². The molecule has 0 atom stereocenters. The van der Waals surface area contributed by atoms with Crippen molar-refractivity contribution in [3.8, 4) is 0 Å². The van der Waals surface area contributed by atoms with Crippen molar-refractivity contribution >= 4 is 28.7 Å². The van der Waals surface area contributed by atoms with Gasteiger partial charge in [0, 0.05) is 10.9 Å². The molecule has 0 bridgehead atoms. The molecule has 0 aliphatic rings. The van der Waals surface area contributed by atoms with E-state index in [2.05, 4.69) is 5.32 Å². The predicted octanol–water partition coefficient (Wildman–Crippen LogP) is 4.26. The second-order valence-corrected chi connectivity index (χ2v) is 6.08. The molecule has 0 aliphatic heterocycles. The van der Waals surface area contributed by atoms with Crippen LogP contribution in [0.25, 0.3) is 11.0 Å². The second-order valence-electron chi connectivity index (χ2n) is 6.08. The van der Waals surface area contributed by atoms with Crippen molar-refractivity contribution in [2.24, 2.45) is 0 Å². The van der Waals surface area contributed by atoms with Crippen LogP contribution in [0.1, 0.15) is 43.8 Å². The number of furan rings is 1. The van der Waals surface area contributed by atoms with Crippen LogP contribution in [0, 0.1) is 6.92 Å². The van der Waals surface area contributed by atoms with Gasteiger partial charge in [-0.05, 0) is 46.8 Å². The van der Waals surface area contributed by atoms with E-state index in [1.807, 2.05) is 0 Å². The zero-order valence-electron chi connectivity index (χ0n) is 14.0. The van der Waals surface area contributed by atoms with Crippen LogP contribution in [0.15, 0.2) is 22.6 Å². The summed E-state index contributed by atoms with van der Waals surface area (Å²) in [6.07, 6.45) is -0.566. The van der Waals surface area contributed by atoms with E-state index in [9.17, 15) is 9.59 Å². The fourth-order valence-electron chi connectivity index (χ4n) is 2.21. The molecule has 1 aromatic heterocycles. The van der Waals surface area contributed by atoms with Gasteiger partial charge in [0.1, 0.15) is 11.2 Å². The van der Waals surface area contributed by atoms with Gasteiger partial charge in [-0.2, -0.15) is 0 Å². The standard InChI is InChI=1S/C17H21NO5/c1-6-21-15(19)14-10(2)13-11(8-7-9-12(13)22-14)18-16(20)23-17(3,4)5/h7-9H,6H2,1-5H3,(H,18,20). The van der Waals surface area contributed by atoms with Crippen LogP contribution in [0.4, 0.5) is 10.5 Å². The normalized spacial score (nSPS) is 11.3. The van der Waals surface area contributed by atoms with Gasteiger partial charge < -0.3 is 13.9 Å². The molecule has 6 heteroatoms. The third-order valence-electron chi connectivity index (χ3n) is 3.05. The highest BCUT2D eigenvalue weighted by Gasteiger charge is 2.22. The molecule has 2 rings (SSSR count). The maximum Gasteiger partial charge on any atom is 0.412 e. The van der Waals surface area contributed by atoms with E-state index in [0.717, 1.165) is 0 Å². The molecule has 1 aromatic carbocycles. The maximum atomic E-state index is 12.0. The lowest BCUT2D eigenvalue weighted by Gasteiger charge is -2.19. The Kier molecular flexibility index (Phi) is 4.63. The first kappa shape index (κ1) is 16.9. The molecule has 23 heavy (non-hydrogen) atoms. The topological polar surface area (TPSA) is 77.8 Å². The fourth-order valence-corrected chi connectivity index (χ4v) is 2.21. The number of ether oxygens (including phenoxy) is 2. The van der Waals surface area contributed by atoms with Crippen molar-refractivity contribution in [2.45, 2.75) is 40.2 Å².